The number of hydrogen-bond acceptors (Lipinski definition) is 4. The summed E-state index contributed by atoms with van der Waals surface area (Å²) in [6, 6.07) is 23.4. The van der Waals surface area contributed by atoms with E-state index in [-0.39, 0.29) is 0 Å². The Hall–Kier alpha value is -2.04. The van der Waals surface area contributed by atoms with Crippen molar-refractivity contribution in [3.05, 3.63) is 60.7 Å². The Balaban J connectivity index is 1.12. The molecule has 0 bridgehead atoms. The van der Waals surface area contributed by atoms with Crippen molar-refractivity contribution in [2.75, 3.05) is 62.2 Å². The molecule has 1 atom stereocenters. The van der Waals surface area contributed by atoms with Crippen LogP contribution in [0.2, 0.25) is 0 Å². The highest BCUT2D eigenvalue weighted by Crippen LogP contribution is 2.27. The van der Waals surface area contributed by atoms with E-state index in [2.05, 4.69) is 80.3 Å². The van der Waals surface area contributed by atoms with Gasteiger partial charge in [0.2, 0.25) is 0 Å². The van der Waals surface area contributed by atoms with Gasteiger partial charge in [-0.15, -0.1) is 0 Å². The summed E-state index contributed by atoms with van der Waals surface area (Å²) in [7, 11) is 0. The second-order valence-electron chi connectivity index (χ2n) is 9.20. The predicted molar refractivity (Wildman–Crippen MR) is 127 cm³/mol. The van der Waals surface area contributed by atoms with Crippen LogP contribution in [0.3, 0.4) is 0 Å². The van der Waals surface area contributed by atoms with Gasteiger partial charge in [-0.05, 0) is 56.5 Å². The number of piperazine rings is 1. The number of piperidine rings is 2. The summed E-state index contributed by atoms with van der Waals surface area (Å²) in [6.45, 7) is 9.72. The lowest BCUT2D eigenvalue weighted by Crippen LogP contribution is -2.57. The lowest BCUT2D eigenvalue weighted by atomic mass is 9.96. The summed E-state index contributed by atoms with van der Waals surface area (Å²) in [5, 5.41) is 0. The van der Waals surface area contributed by atoms with E-state index in [0.29, 0.717) is 0 Å². The third-order valence-electron chi connectivity index (χ3n) is 7.48. The van der Waals surface area contributed by atoms with Gasteiger partial charge in [0.25, 0.3) is 0 Å². The zero-order valence-electron chi connectivity index (χ0n) is 18.2. The Morgan fingerprint density at radius 1 is 0.500 bits per heavy atom. The van der Waals surface area contributed by atoms with E-state index in [0.717, 1.165) is 25.2 Å². The molecule has 3 aliphatic rings. The van der Waals surface area contributed by atoms with Crippen LogP contribution in [0.1, 0.15) is 25.7 Å². The smallest absolute Gasteiger partial charge is 0.0367 e. The molecule has 0 aromatic heterocycles. The van der Waals surface area contributed by atoms with E-state index in [4.69, 9.17) is 0 Å². The lowest BCUT2D eigenvalue weighted by molar-refractivity contribution is 0.0596. The average molecular weight is 405 g/mol. The minimum absolute atomic E-state index is 0.754. The largest absolute Gasteiger partial charge is 0.371 e. The van der Waals surface area contributed by atoms with Gasteiger partial charge in [-0.2, -0.15) is 0 Å². The maximum Gasteiger partial charge on any atom is 0.0367 e. The van der Waals surface area contributed by atoms with Gasteiger partial charge < -0.3 is 9.80 Å². The Kier molecular flexibility index (Phi) is 6.24. The summed E-state index contributed by atoms with van der Waals surface area (Å²) >= 11 is 0. The number of hydrogen-bond donors (Lipinski definition) is 0. The van der Waals surface area contributed by atoms with Crippen LogP contribution in [0.25, 0.3) is 0 Å². The molecule has 3 heterocycles. The molecule has 5 rings (SSSR count). The molecule has 2 aromatic rings. The molecule has 0 spiro atoms. The molecule has 4 nitrogen and oxygen atoms in total. The maximum atomic E-state index is 2.83. The number of anilines is 2. The van der Waals surface area contributed by atoms with Crippen LogP contribution in [-0.2, 0) is 0 Å². The quantitative estimate of drug-likeness (QED) is 0.765. The normalized spacial score (nSPS) is 24.9. The summed E-state index contributed by atoms with van der Waals surface area (Å²) in [5.74, 6) is 0. The number of para-hydroxylation sites is 2. The molecule has 4 heteroatoms. The fraction of sp³-hybridized carbons (Fsp3) is 0.538. The third-order valence-corrected chi connectivity index (χ3v) is 7.48. The molecular formula is C26H36N4. The van der Waals surface area contributed by atoms with Crippen molar-refractivity contribution in [3.63, 3.8) is 0 Å². The molecule has 160 valence electrons. The van der Waals surface area contributed by atoms with Gasteiger partial charge in [0, 0.05) is 69.3 Å². The molecule has 3 saturated heterocycles. The van der Waals surface area contributed by atoms with Crippen molar-refractivity contribution in [3.8, 4) is 0 Å². The summed E-state index contributed by atoms with van der Waals surface area (Å²) < 4.78 is 0. The first-order chi connectivity index (χ1) is 14.9. The third kappa shape index (κ3) is 4.50. The van der Waals surface area contributed by atoms with Crippen molar-refractivity contribution in [1.29, 1.82) is 0 Å². The van der Waals surface area contributed by atoms with E-state index in [1.807, 2.05) is 0 Å². The monoisotopic (exact) mass is 404 g/mol. The lowest BCUT2D eigenvalue weighted by Gasteiger charge is -2.47. The van der Waals surface area contributed by atoms with E-state index in [1.165, 1.54) is 76.3 Å². The molecule has 0 aliphatic carbocycles. The van der Waals surface area contributed by atoms with Crippen molar-refractivity contribution in [1.82, 2.24) is 9.80 Å². The standard InChI is InChI=1S/C26H36N4/c1-3-8-23(9-4-1)27-16-13-25(14-17-27)30-15-7-12-26(22-30)29-20-18-28(19-21-29)24-10-5-2-6-11-24/h1-6,8-11,25-26H,7,12-22H2/t26-/m1/s1. The van der Waals surface area contributed by atoms with Crippen molar-refractivity contribution >= 4 is 11.4 Å². The molecular weight excluding hydrogens is 368 g/mol. The van der Waals surface area contributed by atoms with Gasteiger partial charge in [-0.3, -0.25) is 9.80 Å². The minimum atomic E-state index is 0.754. The zero-order valence-corrected chi connectivity index (χ0v) is 18.2. The molecule has 0 N–H and O–H groups in total. The molecule has 0 radical (unpaired) electrons. The molecule has 0 amide bonds. The van der Waals surface area contributed by atoms with Gasteiger partial charge >= 0.3 is 0 Å². The van der Waals surface area contributed by atoms with Crippen LogP contribution in [0.5, 0.6) is 0 Å². The maximum absolute atomic E-state index is 2.83. The Morgan fingerprint density at radius 3 is 1.67 bits per heavy atom. The van der Waals surface area contributed by atoms with Crippen molar-refractivity contribution < 1.29 is 0 Å². The predicted octanol–water partition coefficient (Wildman–Crippen LogP) is 3.94. The van der Waals surface area contributed by atoms with E-state index >= 15 is 0 Å². The minimum Gasteiger partial charge on any atom is -0.371 e. The highest BCUT2D eigenvalue weighted by Gasteiger charge is 2.32. The summed E-state index contributed by atoms with van der Waals surface area (Å²) in [6.07, 6.45) is 5.36. The fourth-order valence-corrected chi connectivity index (χ4v) is 5.73. The Labute approximate surface area is 182 Å². The summed E-state index contributed by atoms with van der Waals surface area (Å²) in [5.41, 5.74) is 2.77. The van der Waals surface area contributed by atoms with Crippen LogP contribution in [-0.4, -0.2) is 74.2 Å². The second kappa shape index (κ2) is 9.40. The molecule has 0 saturated carbocycles. The van der Waals surface area contributed by atoms with Crippen LogP contribution in [0.4, 0.5) is 11.4 Å². The van der Waals surface area contributed by atoms with Crippen LogP contribution >= 0.6 is 0 Å². The SMILES string of the molecule is c1ccc(N2CCC(N3CCC[C@@H](N4CCN(c5ccccc5)CC4)C3)CC2)cc1. The molecule has 3 aliphatic heterocycles. The van der Waals surface area contributed by atoms with Crippen LogP contribution < -0.4 is 9.80 Å². The first-order valence-corrected chi connectivity index (χ1v) is 11.9. The van der Waals surface area contributed by atoms with Gasteiger partial charge in [0.15, 0.2) is 0 Å². The first kappa shape index (κ1) is 19.9. The molecule has 2 aromatic carbocycles. The number of rotatable bonds is 4. The first-order valence-electron chi connectivity index (χ1n) is 11.9. The summed E-state index contributed by atoms with van der Waals surface area (Å²) in [4.78, 5) is 10.7. The van der Waals surface area contributed by atoms with Gasteiger partial charge in [-0.25, -0.2) is 0 Å². The van der Waals surface area contributed by atoms with Crippen molar-refractivity contribution in [2.45, 2.75) is 37.8 Å². The number of benzene rings is 2. The fourth-order valence-electron chi connectivity index (χ4n) is 5.73. The van der Waals surface area contributed by atoms with Crippen molar-refractivity contribution in [2.24, 2.45) is 0 Å². The molecule has 30 heavy (non-hydrogen) atoms. The van der Waals surface area contributed by atoms with Crippen LogP contribution in [0.15, 0.2) is 60.7 Å². The topological polar surface area (TPSA) is 13.0 Å². The highest BCUT2D eigenvalue weighted by molar-refractivity contribution is 5.47. The average Bonchev–Trinajstić information content (AvgIpc) is 2.85. The molecule has 3 fully saturated rings. The Bertz CT molecular complexity index is 699. The van der Waals surface area contributed by atoms with E-state index in [1.54, 1.807) is 0 Å². The molecule has 0 unspecified atom stereocenters. The highest BCUT2D eigenvalue weighted by atomic mass is 15.3. The number of nitrogens with zero attached hydrogens (tertiary/aromatic N) is 4. The van der Waals surface area contributed by atoms with E-state index < -0.39 is 0 Å². The van der Waals surface area contributed by atoms with Crippen LogP contribution in [0, 0.1) is 0 Å². The van der Waals surface area contributed by atoms with Gasteiger partial charge in [-0.1, -0.05) is 36.4 Å². The zero-order chi connectivity index (χ0) is 20.2. The van der Waals surface area contributed by atoms with E-state index in [9.17, 15) is 0 Å². The Morgan fingerprint density at radius 2 is 1.07 bits per heavy atom. The van der Waals surface area contributed by atoms with Gasteiger partial charge in [0.05, 0.1) is 0 Å². The second-order valence-corrected chi connectivity index (χ2v) is 9.20. The van der Waals surface area contributed by atoms with Gasteiger partial charge in [0.1, 0.15) is 0 Å². The number of likely N-dealkylation sites (tertiary alicyclic amines) is 1.